The van der Waals surface area contributed by atoms with Crippen molar-refractivity contribution in [2.24, 2.45) is 21.5 Å². The first-order valence-corrected chi connectivity index (χ1v) is 18.1. The number of hydrogen-bond acceptors (Lipinski definition) is 13. The Kier molecular flexibility index (Phi) is 8.08. The number of benzene rings is 2. The molecule has 52 heavy (non-hydrogen) atoms. The maximum atomic E-state index is 6.18. The van der Waals surface area contributed by atoms with Crippen molar-refractivity contribution in [3.05, 3.63) is 122 Å². The van der Waals surface area contributed by atoms with Crippen molar-refractivity contribution in [1.29, 1.82) is 0 Å². The van der Waals surface area contributed by atoms with Gasteiger partial charge in [0.15, 0.2) is 11.1 Å². The maximum Gasteiger partial charge on any atom is 0.283 e. The molecule has 3 aromatic heterocycles. The fraction of sp³-hybridized carbons (Fsp3) is 0.189. The van der Waals surface area contributed by atoms with E-state index >= 15 is 0 Å². The lowest BCUT2D eigenvalue weighted by molar-refractivity contribution is 0.161. The van der Waals surface area contributed by atoms with E-state index in [-0.39, 0.29) is 18.7 Å². The van der Waals surface area contributed by atoms with Crippen LogP contribution >= 0.6 is 38.5 Å². The zero-order valence-electron chi connectivity index (χ0n) is 27.3. The van der Waals surface area contributed by atoms with Gasteiger partial charge in [0, 0.05) is 49.5 Å². The molecule has 2 aromatic carbocycles. The van der Waals surface area contributed by atoms with Crippen molar-refractivity contribution >= 4 is 56.1 Å². The van der Waals surface area contributed by atoms with E-state index in [0.29, 0.717) is 37.3 Å². The molecule has 260 valence electrons. The van der Waals surface area contributed by atoms with Crippen molar-refractivity contribution in [2.45, 2.75) is 17.5 Å². The maximum absolute atomic E-state index is 6.18. The molecule has 5 aliphatic heterocycles. The van der Waals surface area contributed by atoms with Crippen LogP contribution in [0.1, 0.15) is 34.2 Å². The zero-order chi connectivity index (χ0) is 35.5. The summed E-state index contributed by atoms with van der Waals surface area (Å²) < 4.78 is 30.6. The van der Waals surface area contributed by atoms with Crippen LogP contribution in [0.2, 0.25) is 0 Å². The minimum Gasteiger partial charge on any atom is -0.462 e. The Morgan fingerprint density at radius 3 is 1.98 bits per heavy atom. The highest BCUT2D eigenvalue weighted by Crippen LogP contribution is 2.52. The number of rotatable bonds is 2. The fourth-order valence-electron chi connectivity index (χ4n) is 7.00. The number of ether oxygens (including phenoxy) is 5. The third-order valence-electron chi connectivity index (χ3n) is 9.47. The van der Waals surface area contributed by atoms with E-state index in [2.05, 4.69) is 75.6 Å². The van der Waals surface area contributed by atoms with E-state index in [1.807, 2.05) is 48.7 Å². The van der Waals surface area contributed by atoms with Gasteiger partial charge in [-0.15, -0.1) is 0 Å². The first-order chi connectivity index (χ1) is 25.3. The largest absolute Gasteiger partial charge is 0.462 e. The monoisotopic (exact) mass is 870 g/mol. The van der Waals surface area contributed by atoms with E-state index < -0.39 is 11.1 Å². The van der Waals surface area contributed by atoms with Gasteiger partial charge in [0.2, 0.25) is 11.8 Å². The van der Waals surface area contributed by atoms with Gasteiger partial charge in [-0.05, 0) is 104 Å². The lowest BCUT2D eigenvalue weighted by Crippen LogP contribution is -2.31. The van der Waals surface area contributed by atoms with Crippen LogP contribution in [0.5, 0.6) is 23.3 Å². The molecule has 0 saturated carbocycles. The predicted molar refractivity (Wildman–Crippen MR) is 203 cm³/mol. The second-order valence-electron chi connectivity index (χ2n) is 12.5. The summed E-state index contributed by atoms with van der Waals surface area (Å²) in [5.74, 6) is 2.47. The Morgan fingerprint density at radius 1 is 0.692 bits per heavy atom. The van der Waals surface area contributed by atoms with Gasteiger partial charge in [-0.25, -0.2) is 29.9 Å². The number of amidine groups is 2. The van der Waals surface area contributed by atoms with Gasteiger partial charge in [-0.1, -0.05) is 12.1 Å². The Bertz CT molecular complexity index is 2310. The normalized spacial score (nSPS) is 21.7. The van der Waals surface area contributed by atoms with Crippen LogP contribution < -0.4 is 20.9 Å². The minimum absolute atomic E-state index is 0.155. The molecule has 2 spiro atoms. The predicted octanol–water partition coefficient (Wildman–Crippen LogP) is 6.18. The summed E-state index contributed by atoms with van der Waals surface area (Å²) in [6, 6.07) is 16.3. The summed E-state index contributed by atoms with van der Waals surface area (Å²) >= 11 is 5.72. The van der Waals surface area contributed by atoms with Crippen LogP contribution in [-0.2, 0) is 25.3 Å². The van der Waals surface area contributed by atoms with Crippen molar-refractivity contribution in [2.75, 3.05) is 26.4 Å². The number of pyridine rings is 2. The number of aliphatic imine (C=N–C) groups is 2. The third kappa shape index (κ3) is 5.54. The molecule has 0 unspecified atom stereocenters. The van der Waals surface area contributed by atoms with Crippen molar-refractivity contribution in [1.82, 2.24) is 19.9 Å². The highest BCUT2D eigenvalue weighted by atomic mass is 127. The summed E-state index contributed by atoms with van der Waals surface area (Å²) in [6.45, 7) is 1.93. The molecule has 0 fully saturated rings. The van der Waals surface area contributed by atoms with Crippen molar-refractivity contribution in [3.63, 3.8) is 0 Å². The Hall–Kier alpha value is -5.13. The highest BCUT2D eigenvalue weighted by Gasteiger charge is 2.49. The van der Waals surface area contributed by atoms with Crippen LogP contribution in [0.4, 0.5) is 0 Å². The van der Waals surface area contributed by atoms with Crippen LogP contribution in [0, 0.1) is 3.57 Å². The zero-order valence-corrected chi connectivity index (χ0v) is 31.0. The first-order valence-electron chi connectivity index (χ1n) is 16.3. The standard InChI is InChI=1S/C23H19N5O3.C14H9BrIN3O2/c24-22-28-23(12-30-22)18-7-15(17-9-25-13-26-10-17)1-2-20(18)31-21-19(23)8-16(11-27-21)14-3-5-29-6-4-14;15-7-3-10-12(18-5-7)21-11-2-1-8(16)4-9(11)14(10)6-20-13(17)19-14/h1-3,7-11,13H,4-6,12H2,(H2,24,28);1-5H,6H2,(H2,17,19)/t23-;14-/m00/s1. The average Bonchev–Trinajstić information content (AvgIpc) is 3.76. The Balaban J connectivity index is 0.000000149. The van der Waals surface area contributed by atoms with Gasteiger partial charge in [-0.2, -0.15) is 0 Å². The molecular formula is C37H28BrIN8O5. The van der Waals surface area contributed by atoms with E-state index in [4.69, 9.17) is 40.1 Å². The number of halogens is 2. The first kappa shape index (κ1) is 32.8. The topological polar surface area (TPSA) is 174 Å². The molecule has 4 N–H and O–H groups in total. The fourth-order valence-corrected chi connectivity index (χ4v) is 7.82. The van der Waals surface area contributed by atoms with Gasteiger partial charge in [-0.3, -0.25) is 0 Å². The quantitative estimate of drug-likeness (QED) is 0.194. The smallest absolute Gasteiger partial charge is 0.283 e. The third-order valence-corrected chi connectivity index (χ3v) is 10.6. The van der Waals surface area contributed by atoms with Crippen LogP contribution in [0.3, 0.4) is 0 Å². The second kappa shape index (κ2) is 12.8. The van der Waals surface area contributed by atoms with Gasteiger partial charge in [0.25, 0.3) is 12.0 Å². The molecule has 2 atom stereocenters. The van der Waals surface area contributed by atoms with Crippen LogP contribution in [0.15, 0.2) is 100 Å². The Morgan fingerprint density at radius 2 is 1.33 bits per heavy atom. The van der Waals surface area contributed by atoms with Crippen LogP contribution in [-0.4, -0.2) is 58.4 Å². The number of fused-ring (bicyclic) bond motifs is 8. The molecule has 5 aromatic rings. The van der Waals surface area contributed by atoms with E-state index in [9.17, 15) is 0 Å². The molecule has 0 bridgehead atoms. The van der Waals surface area contributed by atoms with Gasteiger partial charge in [0.1, 0.15) is 31.0 Å². The van der Waals surface area contributed by atoms with Crippen molar-refractivity contribution < 1.29 is 23.7 Å². The highest BCUT2D eigenvalue weighted by molar-refractivity contribution is 14.1. The van der Waals surface area contributed by atoms with E-state index in [1.165, 1.54) is 11.9 Å². The molecule has 0 radical (unpaired) electrons. The van der Waals surface area contributed by atoms with Crippen LogP contribution in [0.25, 0.3) is 16.7 Å². The molecule has 10 rings (SSSR count). The number of nitrogens with two attached hydrogens (primary N) is 2. The second-order valence-corrected chi connectivity index (χ2v) is 14.7. The lowest BCUT2D eigenvalue weighted by Gasteiger charge is -2.33. The molecule has 8 heterocycles. The van der Waals surface area contributed by atoms with Gasteiger partial charge < -0.3 is 35.2 Å². The van der Waals surface area contributed by atoms with E-state index in [1.54, 1.807) is 18.6 Å². The molecule has 13 nitrogen and oxygen atoms in total. The summed E-state index contributed by atoms with van der Waals surface area (Å²) in [6.07, 6.45) is 11.5. The van der Waals surface area contributed by atoms with Crippen molar-refractivity contribution in [3.8, 4) is 34.4 Å². The summed E-state index contributed by atoms with van der Waals surface area (Å²) in [4.78, 5) is 26.6. The lowest BCUT2D eigenvalue weighted by atomic mass is 9.80. The van der Waals surface area contributed by atoms with Gasteiger partial charge >= 0.3 is 0 Å². The summed E-state index contributed by atoms with van der Waals surface area (Å²) in [5, 5.41) is 0. The number of nitrogens with zero attached hydrogens (tertiary/aromatic N) is 6. The molecule has 0 aliphatic carbocycles. The summed E-state index contributed by atoms with van der Waals surface area (Å²) in [7, 11) is 0. The average molecular weight is 871 g/mol. The number of hydrogen-bond donors (Lipinski definition) is 2. The molecule has 0 amide bonds. The molecule has 15 heteroatoms. The van der Waals surface area contributed by atoms with Gasteiger partial charge in [0.05, 0.1) is 24.3 Å². The molecular weight excluding hydrogens is 843 g/mol. The van der Waals surface area contributed by atoms with E-state index in [0.717, 1.165) is 59.2 Å². The molecule has 5 aliphatic rings. The molecule has 0 saturated heterocycles. The summed E-state index contributed by atoms with van der Waals surface area (Å²) in [5.41, 5.74) is 17.9. The SMILES string of the molecule is NC1=N[C@@]2(CO1)c1cc(-c3cncnc3)ccc1Oc1ncc(C3=CCOCC3)cc12.NC1=N[C@@]2(CO1)c1cc(I)ccc1Oc1ncc(Br)cc12. The Labute approximate surface area is 319 Å². The number of aromatic nitrogens is 4. The minimum atomic E-state index is -0.826.